The van der Waals surface area contributed by atoms with Crippen LogP contribution in [-0.4, -0.2) is 59.0 Å². The molecule has 8 rings (SSSR count). The molecule has 0 aliphatic carbocycles. The monoisotopic (exact) mass is 596 g/mol. The molecule has 43 heavy (non-hydrogen) atoms. The molecule has 1 aromatic carbocycles. The van der Waals surface area contributed by atoms with E-state index >= 15 is 0 Å². The molecule has 0 unspecified atom stereocenters. The molecule has 8 aromatic rings. The Labute approximate surface area is 251 Å². The lowest BCUT2D eigenvalue weighted by molar-refractivity contribution is 1.04. The van der Waals surface area contributed by atoms with Gasteiger partial charge in [-0.1, -0.05) is 17.4 Å². The maximum atomic E-state index is 4.81. The van der Waals surface area contributed by atoms with Crippen LogP contribution in [0.25, 0.3) is 78.0 Å². The van der Waals surface area contributed by atoms with Crippen molar-refractivity contribution in [3.63, 3.8) is 0 Å². The van der Waals surface area contributed by atoms with Crippen molar-refractivity contribution < 1.29 is 0 Å². The number of pyridine rings is 1. The van der Waals surface area contributed by atoms with Gasteiger partial charge in [0.15, 0.2) is 5.82 Å². The topological polar surface area (TPSA) is 158 Å². The second-order valence-electron chi connectivity index (χ2n) is 9.15. The first-order valence-electron chi connectivity index (χ1n) is 12.9. The van der Waals surface area contributed by atoms with E-state index in [0.29, 0.717) is 39.3 Å². The summed E-state index contributed by atoms with van der Waals surface area (Å²) in [5, 5.41) is 19.1. The number of nitrogens with zero attached hydrogens (tertiary/aromatic N) is 11. The number of benzene rings is 1. The summed E-state index contributed by atoms with van der Waals surface area (Å²) in [5.74, 6) is 0.498. The molecule has 7 heterocycles. The van der Waals surface area contributed by atoms with E-state index in [0.717, 1.165) is 50.4 Å². The molecule has 1 N–H and O–H groups in total. The van der Waals surface area contributed by atoms with E-state index in [4.69, 9.17) is 4.98 Å². The zero-order valence-corrected chi connectivity index (χ0v) is 23.5. The summed E-state index contributed by atoms with van der Waals surface area (Å²) in [4.78, 5) is 26.8. The Kier molecular flexibility index (Phi) is 6.16. The van der Waals surface area contributed by atoms with Gasteiger partial charge in [-0.2, -0.15) is 18.9 Å². The Morgan fingerprint density at radius 3 is 2.21 bits per heavy atom. The molecule has 0 atom stereocenters. The van der Waals surface area contributed by atoms with Crippen molar-refractivity contribution in [2.45, 2.75) is 0 Å². The van der Waals surface area contributed by atoms with Crippen molar-refractivity contribution in [3.8, 4) is 67.1 Å². The highest BCUT2D eigenvalue weighted by molar-refractivity contribution is 7.12. The van der Waals surface area contributed by atoms with Gasteiger partial charge in [-0.05, 0) is 30.3 Å². The lowest BCUT2D eigenvalue weighted by atomic mass is 9.86. The minimum atomic E-state index is 0.498. The van der Waals surface area contributed by atoms with E-state index in [2.05, 4.69) is 54.1 Å². The van der Waals surface area contributed by atoms with Gasteiger partial charge in [-0.15, -0.1) is 10.2 Å². The first-order chi connectivity index (χ1) is 21.4. The van der Waals surface area contributed by atoms with Crippen LogP contribution in [0.1, 0.15) is 0 Å². The predicted octanol–water partition coefficient (Wildman–Crippen LogP) is 5.64. The summed E-state index contributed by atoms with van der Waals surface area (Å²) >= 11 is 2.54. The van der Waals surface area contributed by atoms with E-state index in [-0.39, 0.29) is 0 Å². The molecule has 0 aliphatic rings. The van der Waals surface area contributed by atoms with Gasteiger partial charge in [-0.3, -0.25) is 15.0 Å². The lowest BCUT2D eigenvalue weighted by Gasteiger charge is -2.19. The first-order valence-corrected chi connectivity index (χ1v) is 14.5. The molecular formula is C29H16N12S2. The van der Waals surface area contributed by atoms with Crippen LogP contribution >= 0.6 is 23.1 Å². The fourth-order valence-corrected chi connectivity index (χ4v) is 6.23. The van der Waals surface area contributed by atoms with Gasteiger partial charge in [-0.25, -0.2) is 9.97 Å². The summed E-state index contributed by atoms with van der Waals surface area (Å²) in [5.41, 5.74) is 9.61. The minimum absolute atomic E-state index is 0.498. The molecule has 12 nitrogen and oxygen atoms in total. The molecule has 0 amide bonds. The Morgan fingerprint density at radius 2 is 1.49 bits per heavy atom. The predicted molar refractivity (Wildman–Crippen MR) is 162 cm³/mol. The fourth-order valence-electron chi connectivity index (χ4n) is 5.19. The SMILES string of the molecule is c1ccc(-c2c(-c3nncs3)c(-c3cnsn3)c3[nH]c(-c4cnccn4)c(-c4ncccn4)c3c2-c2cccnn2)nc1. The van der Waals surface area contributed by atoms with E-state index in [9.17, 15) is 0 Å². The van der Waals surface area contributed by atoms with E-state index in [1.54, 1.807) is 61.2 Å². The number of hydrogen-bond acceptors (Lipinski definition) is 13. The third-order valence-electron chi connectivity index (χ3n) is 6.80. The fraction of sp³-hybridized carbons (Fsp3) is 0. The smallest absolute Gasteiger partial charge is 0.162 e. The van der Waals surface area contributed by atoms with Crippen molar-refractivity contribution in [3.05, 3.63) is 91.5 Å². The Bertz CT molecular complexity index is 2150. The number of aromatic amines is 1. The molecule has 0 fully saturated rings. The minimum Gasteiger partial charge on any atom is -0.352 e. The standard InChI is InChI=1S/C29H16N12S2/c1-2-7-31-16(5-1)20-21(17-6-3-10-35-39-17)23-25(28-33-8-4-9-34-28)26(19-13-30-11-12-32-19)38-27(23)22(18-14-37-43-41-18)24(20)29-40-36-15-42-29/h1-15,38H. The van der Waals surface area contributed by atoms with Crippen LogP contribution in [0, 0.1) is 0 Å². The first kappa shape index (κ1) is 25.0. The molecule has 0 bridgehead atoms. The number of nitrogens with one attached hydrogen (secondary N) is 1. The average Bonchev–Trinajstić information content (AvgIpc) is 3.87. The molecule has 14 heteroatoms. The van der Waals surface area contributed by atoms with Gasteiger partial charge in [0.25, 0.3) is 0 Å². The quantitative estimate of drug-likeness (QED) is 0.253. The van der Waals surface area contributed by atoms with E-state index < -0.39 is 0 Å². The number of aromatic nitrogens is 12. The molecule has 0 spiro atoms. The summed E-state index contributed by atoms with van der Waals surface area (Å²) in [7, 11) is 0. The number of hydrogen-bond donors (Lipinski definition) is 1. The second-order valence-corrected chi connectivity index (χ2v) is 10.5. The van der Waals surface area contributed by atoms with Crippen LogP contribution in [0.15, 0.2) is 91.5 Å². The normalized spacial score (nSPS) is 11.3. The van der Waals surface area contributed by atoms with Crippen molar-refractivity contribution in [2.75, 3.05) is 0 Å². The maximum absolute atomic E-state index is 4.81. The molecular weight excluding hydrogens is 581 g/mol. The Hall–Kier alpha value is -5.73. The van der Waals surface area contributed by atoms with Crippen LogP contribution in [0.3, 0.4) is 0 Å². The molecule has 0 radical (unpaired) electrons. The highest BCUT2D eigenvalue weighted by atomic mass is 32.1. The molecule has 0 saturated heterocycles. The van der Waals surface area contributed by atoms with E-state index in [1.165, 1.54) is 11.3 Å². The number of fused-ring (bicyclic) bond motifs is 1. The summed E-state index contributed by atoms with van der Waals surface area (Å²) in [6.45, 7) is 0. The van der Waals surface area contributed by atoms with Crippen LogP contribution in [-0.2, 0) is 0 Å². The number of rotatable bonds is 6. The van der Waals surface area contributed by atoms with Gasteiger partial charge in [0.1, 0.15) is 21.9 Å². The molecule has 204 valence electrons. The second kappa shape index (κ2) is 10.6. The molecule has 7 aromatic heterocycles. The average molecular weight is 597 g/mol. The zero-order chi connectivity index (χ0) is 28.6. The van der Waals surface area contributed by atoms with Gasteiger partial charge < -0.3 is 4.98 Å². The van der Waals surface area contributed by atoms with Crippen molar-refractivity contribution in [1.82, 2.24) is 59.0 Å². The Morgan fingerprint density at radius 1 is 0.605 bits per heavy atom. The lowest BCUT2D eigenvalue weighted by Crippen LogP contribution is -2.00. The third-order valence-corrected chi connectivity index (χ3v) is 7.99. The zero-order valence-electron chi connectivity index (χ0n) is 21.9. The van der Waals surface area contributed by atoms with Gasteiger partial charge in [0, 0.05) is 64.8 Å². The largest absolute Gasteiger partial charge is 0.352 e. The van der Waals surface area contributed by atoms with Crippen LogP contribution in [0.2, 0.25) is 0 Å². The summed E-state index contributed by atoms with van der Waals surface area (Å²) < 4.78 is 9.04. The maximum Gasteiger partial charge on any atom is 0.162 e. The highest BCUT2D eigenvalue weighted by Crippen LogP contribution is 2.53. The van der Waals surface area contributed by atoms with E-state index in [1.807, 2.05) is 30.3 Å². The van der Waals surface area contributed by atoms with Crippen molar-refractivity contribution >= 4 is 34.0 Å². The van der Waals surface area contributed by atoms with Crippen LogP contribution < -0.4 is 0 Å². The van der Waals surface area contributed by atoms with Crippen molar-refractivity contribution in [2.24, 2.45) is 0 Å². The molecule has 0 saturated carbocycles. The van der Waals surface area contributed by atoms with Gasteiger partial charge in [0.05, 0.1) is 52.3 Å². The van der Waals surface area contributed by atoms with Gasteiger partial charge >= 0.3 is 0 Å². The van der Waals surface area contributed by atoms with Gasteiger partial charge in [0.2, 0.25) is 0 Å². The number of H-pyrrole nitrogens is 1. The summed E-state index contributed by atoms with van der Waals surface area (Å²) in [6, 6.07) is 11.4. The van der Waals surface area contributed by atoms with Crippen LogP contribution in [0.4, 0.5) is 0 Å². The van der Waals surface area contributed by atoms with Crippen molar-refractivity contribution in [1.29, 1.82) is 0 Å². The van der Waals surface area contributed by atoms with Crippen LogP contribution in [0.5, 0.6) is 0 Å². The Balaban J connectivity index is 1.68. The summed E-state index contributed by atoms with van der Waals surface area (Å²) in [6.07, 6.45) is 13.6. The molecule has 0 aliphatic heterocycles. The highest BCUT2D eigenvalue weighted by Gasteiger charge is 2.32. The third kappa shape index (κ3) is 4.24.